The van der Waals surface area contributed by atoms with Crippen LogP contribution >= 0.6 is 0 Å². The average molecular weight is 232 g/mol. The second-order valence-corrected chi connectivity index (χ2v) is 3.56. The van der Waals surface area contributed by atoms with Crippen molar-refractivity contribution in [1.82, 2.24) is 4.98 Å². The van der Waals surface area contributed by atoms with Crippen molar-refractivity contribution in [3.05, 3.63) is 29.6 Å². The number of hydrogen-bond acceptors (Lipinski definition) is 2. The third-order valence-corrected chi connectivity index (χ3v) is 2.14. The molecule has 1 aromatic heterocycles. The lowest BCUT2D eigenvalue weighted by Gasteiger charge is -2.08. The minimum absolute atomic E-state index is 0.292. The van der Waals surface area contributed by atoms with Crippen LogP contribution in [0.1, 0.15) is 18.2 Å². The number of nitrogens with two attached hydrogens (primary N) is 1. The molecule has 0 aliphatic heterocycles. The molecule has 16 heavy (non-hydrogen) atoms. The second-order valence-electron chi connectivity index (χ2n) is 3.56. The van der Waals surface area contributed by atoms with E-state index < -0.39 is 23.7 Å². The first-order valence-corrected chi connectivity index (χ1v) is 4.62. The Balaban J connectivity index is 2.76. The molecule has 88 valence electrons. The summed E-state index contributed by atoms with van der Waals surface area (Å²) < 4.78 is 36.5. The molecule has 2 N–H and O–H groups in total. The number of primary amides is 1. The third-order valence-electron chi connectivity index (χ3n) is 2.14. The second kappa shape index (κ2) is 4.51. The number of carbonyl (C=O) groups is 1. The van der Waals surface area contributed by atoms with E-state index in [0.29, 0.717) is 12.0 Å². The third kappa shape index (κ3) is 3.22. The van der Waals surface area contributed by atoms with Crippen LogP contribution < -0.4 is 5.73 Å². The van der Waals surface area contributed by atoms with E-state index >= 15 is 0 Å². The predicted octanol–water partition coefficient (Wildman–Crippen LogP) is 1.76. The van der Waals surface area contributed by atoms with E-state index in [1.807, 2.05) is 0 Å². The van der Waals surface area contributed by atoms with Gasteiger partial charge in [-0.05, 0) is 18.1 Å². The SMILES string of the molecule is CC(Cc1ccc(C(F)(F)F)nc1)C(N)=O. The smallest absolute Gasteiger partial charge is 0.369 e. The van der Waals surface area contributed by atoms with Gasteiger partial charge < -0.3 is 5.73 Å². The maximum Gasteiger partial charge on any atom is 0.433 e. The number of aromatic nitrogens is 1. The maximum absolute atomic E-state index is 12.2. The Morgan fingerprint density at radius 2 is 2.12 bits per heavy atom. The van der Waals surface area contributed by atoms with Crippen LogP contribution in [-0.2, 0) is 17.4 Å². The molecule has 0 aliphatic carbocycles. The minimum atomic E-state index is -4.44. The summed E-state index contributed by atoms with van der Waals surface area (Å²) >= 11 is 0. The van der Waals surface area contributed by atoms with Gasteiger partial charge in [0.15, 0.2) is 0 Å². The minimum Gasteiger partial charge on any atom is -0.369 e. The summed E-state index contributed by atoms with van der Waals surface area (Å²) in [7, 11) is 0. The monoisotopic (exact) mass is 232 g/mol. The van der Waals surface area contributed by atoms with Crippen molar-refractivity contribution >= 4 is 5.91 Å². The number of nitrogens with zero attached hydrogens (tertiary/aromatic N) is 1. The summed E-state index contributed by atoms with van der Waals surface area (Å²) in [6.07, 6.45) is -3.03. The van der Waals surface area contributed by atoms with E-state index in [1.165, 1.54) is 6.07 Å². The van der Waals surface area contributed by atoms with Crippen molar-refractivity contribution < 1.29 is 18.0 Å². The van der Waals surface area contributed by atoms with Crippen LogP contribution in [0.15, 0.2) is 18.3 Å². The number of alkyl halides is 3. The zero-order valence-electron chi connectivity index (χ0n) is 8.58. The number of rotatable bonds is 3. The Bertz CT molecular complexity index is 373. The van der Waals surface area contributed by atoms with Gasteiger partial charge in [-0.2, -0.15) is 13.2 Å². The van der Waals surface area contributed by atoms with Crippen molar-refractivity contribution in [3.63, 3.8) is 0 Å². The number of hydrogen-bond donors (Lipinski definition) is 1. The lowest BCUT2D eigenvalue weighted by Crippen LogP contribution is -2.22. The highest BCUT2D eigenvalue weighted by Crippen LogP contribution is 2.27. The highest BCUT2D eigenvalue weighted by atomic mass is 19.4. The number of carbonyl (C=O) groups excluding carboxylic acids is 1. The van der Waals surface area contributed by atoms with Crippen LogP contribution in [0.4, 0.5) is 13.2 Å². The predicted molar refractivity (Wildman–Crippen MR) is 51.3 cm³/mol. The highest BCUT2D eigenvalue weighted by molar-refractivity contribution is 5.76. The molecule has 1 aromatic rings. The standard InChI is InChI=1S/C10H11F3N2O/c1-6(9(14)16)4-7-2-3-8(15-5-7)10(11,12)13/h2-3,5-6H,4H2,1H3,(H2,14,16). The van der Waals surface area contributed by atoms with Gasteiger partial charge in [0.05, 0.1) is 0 Å². The Labute approximate surface area is 90.5 Å². The molecular weight excluding hydrogens is 221 g/mol. The first-order chi connectivity index (χ1) is 7.30. The van der Waals surface area contributed by atoms with E-state index in [1.54, 1.807) is 6.92 Å². The molecule has 0 fully saturated rings. The zero-order valence-corrected chi connectivity index (χ0v) is 8.58. The fourth-order valence-electron chi connectivity index (χ4n) is 1.17. The van der Waals surface area contributed by atoms with Crippen LogP contribution in [-0.4, -0.2) is 10.9 Å². The topological polar surface area (TPSA) is 56.0 Å². The van der Waals surface area contributed by atoms with E-state index in [9.17, 15) is 18.0 Å². The maximum atomic E-state index is 12.2. The van der Waals surface area contributed by atoms with E-state index in [-0.39, 0.29) is 0 Å². The van der Waals surface area contributed by atoms with Crippen molar-refractivity contribution in [1.29, 1.82) is 0 Å². The van der Waals surface area contributed by atoms with Gasteiger partial charge in [0.25, 0.3) is 0 Å². The summed E-state index contributed by atoms with van der Waals surface area (Å²) in [5.74, 6) is -0.904. The molecule has 3 nitrogen and oxygen atoms in total. The summed E-state index contributed by atoms with van der Waals surface area (Å²) in [5, 5.41) is 0. The van der Waals surface area contributed by atoms with Crippen LogP contribution in [0, 0.1) is 5.92 Å². The van der Waals surface area contributed by atoms with E-state index in [0.717, 1.165) is 12.3 Å². The van der Waals surface area contributed by atoms with Crippen LogP contribution in [0.5, 0.6) is 0 Å². The zero-order chi connectivity index (χ0) is 12.3. The normalized spacial score (nSPS) is 13.5. The Hall–Kier alpha value is -1.59. The van der Waals surface area contributed by atoms with Gasteiger partial charge in [0, 0.05) is 12.1 Å². The molecule has 1 heterocycles. The van der Waals surface area contributed by atoms with Crippen LogP contribution in [0.3, 0.4) is 0 Å². The first kappa shape index (κ1) is 12.5. The molecule has 0 saturated heterocycles. The van der Waals surface area contributed by atoms with Gasteiger partial charge in [-0.25, -0.2) is 0 Å². The molecule has 1 atom stereocenters. The average Bonchev–Trinajstić information content (AvgIpc) is 2.17. The molecule has 1 rings (SSSR count). The molecule has 0 saturated carbocycles. The van der Waals surface area contributed by atoms with Gasteiger partial charge in [-0.1, -0.05) is 13.0 Å². The molecule has 0 bridgehead atoms. The van der Waals surface area contributed by atoms with E-state index in [2.05, 4.69) is 4.98 Å². The van der Waals surface area contributed by atoms with Crippen molar-refractivity contribution in [2.24, 2.45) is 11.7 Å². The first-order valence-electron chi connectivity index (χ1n) is 4.62. The highest BCUT2D eigenvalue weighted by Gasteiger charge is 2.32. The molecule has 1 unspecified atom stereocenters. The quantitative estimate of drug-likeness (QED) is 0.863. The Morgan fingerprint density at radius 3 is 2.50 bits per heavy atom. The molecule has 0 spiro atoms. The number of amides is 1. The summed E-state index contributed by atoms with van der Waals surface area (Å²) in [5.41, 5.74) is 4.66. The van der Waals surface area contributed by atoms with Crippen LogP contribution in [0.25, 0.3) is 0 Å². The van der Waals surface area contributed by atoms with Crippen molar-refractivity contribution in [2.75, 3.05) is 0 Å². The molecule has 6 heteroatoms. The van der Waals surface area contributed by atoms with Crippen molar-refractivity contribution in [3.8, 4) is 0 Å². The Morgan fingerprint density at radius 1 is 1.50 bits per heavy atom. The molecule has 0 radical (unpaired) electrons. The van der Waals surface area contributed by atoms with Crippen LogP contribution in [0.2, 0.25) is 0 Å². The fourth-order valence-corrected chi connectivity index (χ4v) is 1.17. The van der Waals surface area contributed by atoms with E-state index in [4.69, 9.17) is 5.73 Å². The van der Waals surface area contributed by atoms with Gasteiger partial charge in [-0.15, -0.1) is 0 Å². The largest absolute Gasteiger partial charge is 0.433 e. The number of halogens is 3. The molecule has 1 amide bonds. The molecule has 0 aromatic carbocycles. The van der Waals surface area contributed by atoms with Gasteiger partial charge in [-0.3, -0.25) is 9.78 Å². The van der Waals surface area contributed by atoms with Crippen molar-refractivity contribution in [2.45, 2.75) is 19.5 Å². The van der Waals surface area contributed by atoms with Gasteiger partial charge in [0.2, 0.25) is 5.91 Å². The number of pyridine rings is 1. The summed E-state index contributed by atoms with van der Waals surface area (Å²) in [6, 6.07) is 2.19. The van der Waals surface area contributed by atoms with Gasteiger partial charge >= 0.3 is 6.18 Å². The lowest BCUT2D eigenvalue weighted by molar-refractivity contribution is -0.141. The summed E-state index contributed by atoms with van der Waals surface area (Å²) in [6.45, 7) is 1.61. The fraction of sp³-hybridized carbons (Fsp3) is 0.400. The molecular formula is C10H11F3N2O. The Kier molecular flexibility index (Phi) is 3.51. The summed E-state index contributed by atoms with van der Waals surface area (Å²) in [4.78, 5) is 14.0. The lowest BCUT2D eigenvalue weighted by atomic mass is 10.0. The van der Waals surface area contributed by atoms with Gasteiger partial charge in [0.1, 0.15) is 5.69 Å². The molecule has 0 aliphatic rings.